The zero-order valence-electron chi connectivity index (χ0n) is 13.3. The third-order valence-electron chi connectivity index (χ3n) is 4.82. The lowest BCUT2D eigenvalue weighted by Crippen LogP contribution is -2.53. The van der Waals surface area contributed by atoms with Crippen LogP contribution < -0.4 is 0 Å². The van der Waals surface area contributed by atoms with Gasteiger partial charge < -0.3 is 10.0 Å². The van der Waals surface area contributed by atoms with Crippen LogP contribution in [-0.4, -0.2) is 29.1 Å². The fourth-order valence-electron chi connectivity index (χ4n) is 3.33. The molecule has 1 saturated heterocycles. The van der Waals surface area contributed by atoms with Crippen molar-refractivity contribution in [2.45, 2.75) is 52.2 Å². The van der Waals surface area contributed by atoms with Crippen molar-refractivity contribution in [1.29, 1.82) is 0 Å². The van der Waals surface area contributed by atoms with Gasteiger partial charge in [0, 0.05) is 18.5 Å². The molecule has 0 spiro atoms. The molecule has 1 fully saturated rings. The van der Waals surface area contributed by atoms with Crippen LogP contribution in [0.4, 0.5) is 0 Å². The fourth-order valence-corrected chi connectivity index (χ4v) is 3.33. The highest BCUT2D eigenvalue weighted by Gasteiger charge is 2.42. The molecule has 0 aromatic heterocycles. The van der Waals surface area contributed by atoms with Gasteiger partial charge in [-0.1, -0.05) is 51.1 Å². The lowest BCUT2D eigenvalue weighted by molar-refractivity contribution is -0.0911. The highest BCUT2D eigenvalue weighted by Crippen LogP contribution is 2.39. The van der Waals surface area contributed by atoms with E-state index in [0.717, 1.165) is 31.0 Å². The summed E-state index contributed by atoms with van der Waals surface area (Å²) in [5, 5.41) is 11.2. The maximum Gasteiger partial charge on any atom is 0.0948 e. The van der Waals surface area contributed by atoms with Gasteiger partial charge in [-0.3, -0.25) is 0 Å². The Hall–Kier alpha value is -0.860. The molecule has 0 aliphatic carbocycles. The summed E-state index contributed by atoms with van der Waals surface area (Å²) in [6.07, 6.45) is 2.07. The topological polar surface area (TPSA) is 23.5 Å². The minimum Gasteiger partial charge on any atom is -0.385 e. The SMILES string of the molecule is CC(C)CCN1C[C@H](C)[C@@](O)(c2ccccc2)C[C@H]1C. The molecule has 0 amide bonds. The molecular weight excluding hydrogens is 246 g/mol. The molecular formula is C18H29NO. The zero-order valence-corrected chi connectivity index (χ0v) is 13.3. The smallest absolute Gasteiger partial charge is 0.0948 e. The summed E-state index contributed by atoms with van der Waals surface area (Å²) in [7, 11) is 0. The van der Waals surface area contributed by atoms with E-state index in [9.17, 15) is 5.11 Å². The number of nitrogens with zero attached hydrogens (tertiary/aromatic N) is 1. The monoisotopic (exact) mass is 275 g/mol. The van der Waals surface area contributed by atoms with Crippen LogP contribution in [0, 0.1) is 11.8 Å². The number of hydrogen-bond donors (Lipinski definition) is 1. The van der Waals surface area contributed by atoms with E-state index < -0.39 is 5.60 Å². The number of aliphatic hydroxyl groups is 1. The van der Waals surface area contributed by atoms with Crippen molar-refractivity contribution in [3.05, 3.63) is 35.9 Å². The van der Waals surface area contributed by atoms with Crippen molar-refractivity contribution < 1.29 is 5.11 Å². The summed E-state index contributed by atoms with van der Waals surface area (Å²) >= 11 is 0. The zero-order chi connectivity index (χ0) is 14.8. The second kappa shape index (κ2) is 6.28. The maximum absolute atomic E-state index is 11.2. The molecule has 2 nitrogen and oxygen atoms in total. The Morgan fingerprint density at radius 2 is 1.90 bits per heavy atom. The Labute approximate surface area is 123 Å². The highest BCUT2D eigenvalue weighted by atomic mass is 16.3. The average molecular weight is 275 g/mol. The first-order valence-electron chi connectivity index (χ1n) is 7.95. The van der Waals surface area contributed by atoms with Crippen molar-refractivity contribution in [2.75, 3.05) is 13.1 Å². The van der Waals surface area contributed by atoms with E-state index in [1.165, 1.54) is 6.42 Å². The lowest BCUT2D eigenvalue weighted by Gasteiger charge is -2.47. The van der Waals surface area contributed by atoms with E-state index in [1.807, 2.05) is 18.2 Å². The minimum atomic E-state index is -0.672. The van der Waals surface area contributed by atoms with Crippen molar-refractivity contribution >= 4 is 0 Å². The molecule has 1 aromatic rings. The predicted molar refractivity (Wildman–Crippen MR) is 84.6 cm³/mol. The van der Waals surface area contributed by atoms with E-state index in [4.69, 9.17) is 0 Å². The quantitative estimate of drug-likeness (QED) is 0.906. The summed E-state index contributed by atoms with van der Waals surface area (Å²) in [5.74, 6) is 1.01. The van der Waals surface area contributed by atoms with Crippen molar-refractivity contribution in [1.82, 2.24) is 4.90 Å². The Morgan fingerprint density at radius 3 is 2.50 bits per heavy atom. The van der Waals surface area contributed by atoms with Crippen molar-refractivity contribution in [3.63, 3.8) is 0 Å². The molecule has 0 bridgehead atoms. The molecule has 1 aliphatic heterocycles. The van der Waals surface area contributed by atoms with Crippen LogP contribution >= 0.6 is 0 Å². The molecule has 0 unspecified atom stereocenters. The summed E-state index contributed by atoms with van der Waals surface area (Å²) in [5.41, 5.74) is 0.400. The molecule has 2 heteroatoms. The van der Waals surface area contributed by atoms with Gasteiger partial charge in [0.15, 0.2) is 0 Å². The Bertz CT molecular complexity index is 417. The second-order valence-electron chi connectivity index (χ2n) is 6.92. The van der Waals surface area contributed by atoms with Gasteiger partial charge in [0.1, 0.15) is 0 Å². The predicted octanol–water partition coefficient (Wildman–Crippen LogP) is 3.65. The van der Waals surface area contributed by atoms with Gasteiger partial charge in [-0.15, -0.1) is 0 Å². The lowest BCUT2D eigenvalue weighted by atomic mass is 9.74. The molecule has 3 atom stereocenters. The molecule has 1 aliphatic rings. The van der Waals surface area contributed by atoms with Crippen LogP contribution in [-0.2, 0) is 5.60 Å². The van der Waals surface area contributed by atoms with E-state index in [-0.39, 0.29) is 5.92 Å². The normalized spacial score (nSPS) is 31.7. The maximum atomic E-state index is 11.2. The summed E-state index contributed by atoms with van der Waals surface area (Å²) in [4.78, 5) is 2.54. The van der Waals surface area contributed by atoms with E-state index in [1.54, 1.807) is 0 Å². The highest BCUT2D eigenvalue weighted by molar-refractivity contribution is 5.24. The molecule has 112 valence electrons. The number of piperidine rings is 1. The van der Waals surface area contributed by atoms with Gasteiger partial charge >= 0.3 is 0 Å². The molecule has 1 aromatic carbocycles. The van der Waals surface area contributed by atoms with Crippen LogP contribution in [0.25, 0.3) is 0 Å². The van der Waals surface area contributed by atoms with Crippen LogP contribution in [0.2, 0.25) is 0 Å². The number of benzene rings is 1. The van der Waals surface area contributed by atoms with E-state index >= 15 is 0 Å². The summed E-state index contributed by atoms with van der Waals surface area (Å²) in [6.45, 7) is 11.1. The van der Waals surface area contributed by atoms with Gasteiger partial charge in [0.05, 0.1) is 5.60 Å². The molecule has 0 saturated carbocycles. The van der Waals surface area contributed by atoms with Crippen LogP contribution in [0.15, 0.2) is 30.3 Å². The first kappa shape index (κ1) is 15.5. The van der Waals surface area contributed by atoms with Gasteiger partial charge in [-0.25, -0.2) is 0 Å². The van der Waals surface area contributed by atoms with Gasteiger partial charge in [0.25, 0.3) is 0 Å². The van der Waals surface area contributed by atoms with E-state index in [2.05, 4.69) is 44.7 Å². The molecule has 1 N–H and O–H groups in total. The third-order valence-corrected chi connectivity index (χ3v) is 4.82. The van der Waals surface area contributed by atoms with E-state index in [0.29, 0.717) is 6.04 Å². The number of likely N-dealkylation sites (tertiary alicyclic amines) is 1. The van der Waals surface area contributed by atoms with Crippen LogP contribution in [0.5, 0.6) is 0 Å². The summed E-state index contributed by atoms with van der Waals surface area (Å²) < 4.78 is 0. The van der Waals surface area contributed by atoms with Gasteiger partial charge in [-0.2, -0.15) is 0 Å². The van der Waals surface area contributed by atoms with Crippen LogP contribution in [0.1, 0.15) is 46.1 Å². The van der Waals surface area contributed by atoms with Gasteiger partial charge in [0.2, 0.25) is 0 Å². The Morgan fingerprint density at radius 1 is 1.25 bits per heavy atom. The van der Waals surface area contributed by atoms with Crippen LogP contribution in [0.3, 0.4) is 0 Å². The fraction of sp³-hybridized carbons (Fsp3) is 0.667. The largest absolute Gasteiger partial charge is 0.385 e. The first-order valence-corrected chi connectivity index (χ1v) is 7.95. The number of hydrogen-bond acceptors (Lipinski definition) is 2. The van der Waals surface area contributed by atoms with Crippen molar-refractivity contribution in [2.24, 2.45) is 11.8 Å². The standard InChI is InChI=1S/C18H29NO/c1-14(2)10-11-19-13-15(3)18(20,12-16(19)4)17-8-6-5-7-9-17/h5-9,14-16,20H,10-13H2,1-4H3/t15-,16+,18+/m0/s1. The number of rotatable bonds is 4. The molecule has 2 rings (SSSR count). The Kier molecular flexibility index (Phi) is 4.87. The average Bonchev–Trinajstić information content (AvgIpc) is 2.42. The summed E-state index contributed by atoms with van der Waals surface area (Å²) in [6, 6.07) is 10.6. The molecule has 1 heterocycles. The molecule has 20 heavy (non-hydrogen) atoms. The van der Waals surface area contributed by atoms with Gasteiger partial charge in [-0.05, 0) is 37.8 Å². The first-order chi connectivity index (χ1) is 9.43. The minimum absolute atomic E-state index is 0.272. The molecule has 0 radical (unpaired) electrons. The van der Waals surface area contributed by atoms with Crippen molar-refractivity contribution in [3.8, 4) is 0 Å². The third kappa shape index (κ3) is 3.24. The second-order valence-corrected chi connectivity index (χ2v) is 6.92. The Balaban J connectivity index is 2.09.